The SMILES string of the molecule is Oc1ccccc1N1CCCC(O)CC1. The summed E-state index contributed by atoms with van der Waals surface area (Å²) in [4.78, 5) is 2.14. The molecule has 1 fully saturated rings. The molecule has 0 aliphatic carbocycles. The molecule has 1 heterocycles. The van der Waals surface area contributed by atoms with E-state index in [1.165, 1.54) is 0 Å². The highest BCUT2D eigenvalue weighted by Crippen LogP contribution is 2.28. The van der Waals surface area contributed by atoms with Crippen molar-refractivity contribution in [2.45, 2.75) is 25.4 Å². The number of phenolic OH excluding ortho intramolecular Hbond substituents is 1. The van der Waals surface area contributed by atoms with Crippen LogP contribution in [0.25, 0.3) is 0 Å². The highest BCUT2D eigenvalue weighted by Gasteiger charge is 2.16. The molecule has 0 bridgehead atoms. The zero-order chi connectivity index (χ0) is 10.7. The molecule has 15 heavy (non-hydrogen) atoms. The van der Waals surface area contributed by atoms with Gasteiger partial charge in [0, 0.05) is 13.1 Å². The van der Waals surface area contributed by atoms with Crippen molar-refractivity contribution < 1.29 is 10.2 Å². The van der Waals surface area contributed by atoms with Gasteiger partial charge < -0.3 is 15.1 Å². The fourth-order valence-electron chi connectivity index (χ4n) is 2.05. The summed E-state index contributed by atoms with van der Waals surface area (Å²) < 4.78 is 0. The molecule has 1 unspecified atom stereocenters. The van der Waals surface area contributed by atoms with Gasteiger partial charge in [0.2, 0.25) is 0 Å². The minimum atomic E-state index is -0.180. The second kappa shape index (κ2) is 4.53. The van der Waals surface area contributed by atoms with E-state index in [4.69, 9.17) is 0 Å². The Morgan fingerprint density at radius 3 is 2.73 bits per heavy atom. The Morgan fingerprint density at radius 2 is 1.93 bits per heavy atom. The molecule has 0 amide bonds. The van der Waals surface area contributed by atoms with Crippen LogP contribution in [0.5, 0.6) is 5.75 Å². The van der Waals surface area contributed by atoms with Crippen LogP contribution >= 0.6 is 0 Å². The molecular formula is C12H17NO2. The standard InChI is InChI=1S/C12H17NO2/c14-10-4-3-8-13(9-7-10)11-5-1-2-6-12(11)15/h1-2,5-6,10,14-15H,3-4,7-9H2. The number of hydrogen-bond donors (Lipinski definition) is 2. The number of aliphatic hydroxyl groups excluding tert-OH is 1. The van der Waals surface area contributed by atoms with Crippen molar-refractivity contribution in [3.05, 3.63) is 24.3 Å². The van der Waals surface area contributed by atoms with Crippen molar-refractivity contribution in [2.75, 3.05) is 18.0 Å². The van der Waals surface area contributed by atoms with Gasteiger partial charge in [-0.2, -0.15) is 0 Å². The van der Waals surface area contributed by atoms with Gasteiger partial charge in [-0.05, 0) is 31.4 Å². The number of hydrogen-bond acceptors (Lipinski definition) is 3. The second-order valence-electron chi connectivity index (χ2n) is 4.06. The third-order valence-corrected chi connectivity index (χ3v) is 2.92. The quantitative estimate of drug-likeness (QED) is 0.737. The highest BCUT2D eigenvalue weighted by atomic mass is 16.3. The molecule has 2 rings (SSSR count). The maximum absolute atomic E-state index is 9.72. The van der Waals surface area contributed by atoms with E-state index in [1.54, 1.807) is 6.07 Å². The van der Waals surface area contributed by atoms with Gasteiger partial charge in [0.15, 0.2) is 0 Å². The van der Waals surface area contributed by atoms with Crippen LogP contribution in [0.4, 0.5) is 5.69 Å². The summed E-state index contributed by atoms with van der Waals surface area (Å²) in [5.74, 6) is 0.328. The molecule has 1 atom stereocenters. The van der Waals surface area contributed by atoms with E-state index in [0.29, 0.717) is 5.75 Å². The Labute approximate surface area is 90.0 Å². The molecule has 1 aromatic rings. The largest absolute Gasteiger partial charge is 0.506 e. The predicted molar refractivity (Wildman–Crippen MR) is 60.2 cm³/mol. The van der Waals surface area contributed by atoms with Gasteiger partial charge in [-0.15, -0.1) is 0 Å². The molecule has 1 saturated heterocycles. The van der Waals surface area contributed by atoms with E-state index in [9.17, 15) is 10.2 Å². The van der Waals surface area contributed by atoms with Gasteiger partial charge in [-0.25, -0.2) is 0 Å². The van der Waals surface area contributed by atoms with Gasteiger partial charge in [-0.1, -0.05) is 12.1 Å². The van der Waals surface area contributed by atoms with Crippen molar-refractivity contribution >= 4 is 5.69 Å². The zero-order valence-electron chi connectivity index (χ0n) is 8.76. The molecule has 3 nitrogen and oxygen atoms in total. The third-order valence-electron chi connectivity index (χ3n) is 2.92. The first-order valence-electron chi connectivity index (χ1n) is 5.48. The van der Waals surface area contributed by atoms with Crippen LogP contribution in [-0.2, 0) is 0 Å². The van der Waals surface area contributed by atoms with E-state index in [2.05, 4.69) is 4.90 Å². The fourth-order valence-corrected chi connectivity index (χ4v) is 2.05. The Bertz CT molecular complexity index is 327. The van der Waals surface area contributed by atoms with Crippen LogP contribution in [-0.4, -0.2) is 29.4 Å². The van der Waals surface area contributed by atoms with E-state index < -0.39 is 0 Å². The summed E-state index contributed by atoms with van der Waals surface area (Å²) in [5, 5.41) is 19.3. The number of nitrogens with zero attached hydrogens (tertiary/aromatic N) is 1. The normalized spacial score (nSPS) is 22.5. The van der Waals surface area contributed by atoms with E-state index in [0.717, 1.165) is 38.0 Å². The van der Waals surface area contributed by atoms with Crippen molar-refractivity contribution in [2.24, 2.45) is 0 Å². The van der Waals surface area contributed by atoms with Crippen LogP contribution in [0.3, 0.4) is 0 Å². The summed E-state index contributed by atoms with van der Waals surface area (Å²) in [6.45, 7) is 1.73. The number of anilines is 1. The van der Waals surface area contributed by atoms with Gasteiger partial charge in [0.05, 0.1) is 11.8 Å². The lowest BCUT2D eigenvalue weighted by Gasteiger charge is -2.23. The minimum Gasteiger partial charge on any atom is -0.506 e. The number of aromatic hydroxyl groups is 1. The lowest BCUT2D eigenvalue weighted by atomic mass is 10.2. The van der Waals surface area contributed by atoms with Crippen LogP contribution in [0.2, 0.25) is 0 Å². The molecule has 0 radical (unpaired) electrons. The Balaban J connectivity index is 2.13. The van der Waals surface area contributed by atoms with Crippen molar-refractivity contribution in [3.63, 3.8) is 0 Å². The first-order valence-corrected chi connectivity index (χ1v) is 5.48. The van der Waals surface area contributed by atoms with Gasteiger partial charge in [0.25, 0.3) is 0 Å². The monoisotopic (exact) mass is 207 g/mol. The molecule has 1 aromatic carbocycles. The van der Waals surface area contributed by atoms with Gasteiger partial charge in [0.1, 0.15) is 5.75 Å². The summed E-state index contributed by atoms with van der Waals surface area (Å²) in [6, 6.07) is 7.38. The molecule has 0 aromatic heterocycles. The highest BCUT2D eigenvalue weighted by molar-refractivity contribution is 5.57. The molecular weight excluding hydrogens is 190 g/mol. The van der Waals surface area contributed by atoms with Gasteiger partial charge in [-0.3, -0.25) is 0 Å². The fraction of sp³-hybridized carbons (Fsp3) is 0.500. The predicted octanol–water partition coefficient (Wildman–Crippen LogP) is 1.74. The Morgan fingerprint density at radius 1 is 1.13 bits per heavy atom. The molecule has 2 N–H and O–H groups in total. The number of para-hydroxylation sites is 2. The third kappa shape index (κ3) is 2.42. The summed E-state index contributed by atoms with van der Waals surface area (Å²) in [7, 11) is 0. The van der Waals surface area contributed by atoms with Crippen LogP contribution in [0, 0.1) is 0 Å². The molecule has 3 heteroatoms. The molecule has 1 aliphatic rings. The maximum Gasteiger partial charge on any atom is 0.138 e. The van der Waals surface area contributed by atoms with Crippen molar-refractivity contribution in [1.29, 1.82) is 0 Å². The minimum absolute atomic E-state index is 0.180. The number of aliphatic hydroxyl groups is 1. The van der Waals surface area contributed by atoms with Crippen LogP contribution in [0.1, 0.15) is 19.3 Å². The second-order valence-corrected chi connectivity index (χ2v) is 4.06. The summed E-state index contributed by atoms with van der Waals surface area (Å²) in [5.41, 5.74) is 0.881. The van der Waals surface area contributed by atoms with Crippen LogP contribution in [0.15, 0.2) is 24.3 Å². The lowest BCUT2D eigenvalue weighted by Crippen LogP contribution is -2.24. The van der Waals surface area contributed by atoms with Crippen LogP contribution < -0.4 is 4.90 Å². The molecule has 1 aliphatic heterocycles. The average Bonchev–Trinajstić information content (AvgIpc) is 2.44. The van der Waals surface area contributed by atoms with E-state index in [1.807, 2.05) is 18.2 Å². The summed E-state index contributed by atoms with van der Waals surface area (Å²) in [6.07, 6.45) is 2.45. The molecule has 0 spiro atoms. The average molecular weight is 207 g/mol. The molecule has 0 saturated carbocycles. The summed E-state index contributed by atoms with van der Waals surface area (Å²) >= 11 is 0. The van der Waals surface area contributed by atoms with E-state index >= 15 is 0 Å². The number of benzene rings is 1. The van der Waals surface area contributed by atoms with E-state index in [-0.39, 0.29) is 6.10 Å². The first-order chi connectivity index (χ1) is 7.27. The number of rotatable bonds is 1. The Hall–Kier alpha value is -1.22. The zero-order valence-corrected chi connectivity index (χ0v) is 8.76. The lowest BCUT2D eigenvalue weighted by molar-refractivity contribution is 0.161. The smallest absolute Gasteiger partial charge is 0.138 e. The van der Waals surface area contributed by atoms with Crippen molar-refractivity contribution in [3.8, 4) is 5.75 Å². The molecule has 82 valence electrons. The van der Waals surface area contributed by atoms with Crippen molar-refractivity contribution in [1.82, 2.24) is 0 Å². The number of phenols is 1. The maximum atomic E-state index is 9.72. The van der Waals surface area contributed by atoms with Gasteiger partial charge >= 0.3 is 0 Å². The first kappa shape index (κ1) is 10.3. The topological polar surface area (TPSA) is 43.7 Å². The Kier molecular flexibility index (Phi) is 3.11.